The second kappa shape index (κ2) is 11.3. The minimum atomic E-state index is -0.749. The van der Waals surface area contributed by atoms with Crippen molar-refractivity contribution in [2.75, 3.05) is 0 Å². The molecule has 9 heteroatoms. The van der Waals surface area contributed by atoms with Gasteiger partial charge in [0.05, 0.1) is 11.1 Å². The van der Waals surface area contributed by atoms with Crippen LogP contribution < -0.4 is 5.43 Å². The highest BCUT2D eigenvalue weighted by atomic mass is 35.5. The Labute approximate surface area is 181 Å². The van der Waals surface area contributed by atoms with Crippen LogP contribution in [0.3, 0.4) is 0 Å². The Bertz CT molecular complexity index is 765. The maximum atomic E-state index is 13.9. The van der Waals surface area contributed by atoms with Gasteiger partial charge in [0.1, 0.15) is 5.82 Å². The van der Waals surface area contributed by atoms with E-state index < -0.39 is 23.2 Å². The Morgan fingerprint density at radius 1 is 0.963 bits per heavy atom. The molecule has 27 heavy (non-hydrogen) atoms. The second-order valence-electron chi connectivity index (χ2n) is 6.24. The number of carbonyl (C=O) groups excluding carboxylic acids is 2. The number of hydrogen-bond donors (Lipinski definition) is 1. The number of amides is 2. The van der Waals surface area contributed by atoms with E-state index in [1.807, 2.05) is 0 Å². The molecule has 4 nitrogen and oxygen atoms in total. The van der Waals surface area contributed by atoms with E-state index in [4.69, 9.17) is 11.6 Å². The summed E-state index contributed by atoms with van der Waals surface area (Å²) in [5.74, 6) is -1.74. The third-order valence-corrected chi connectivity index (χ3v) is 3.55. The van der Waals surface area contributed by atoms with Gasteiger partial charge in [0.25, 0.3) is 11.8 Å². The molecule has 0 bridgehead atoms. The molecule has 0 unspecified atom stereocenters. The molecule has 0 spiro atoms. The Kier molecular flexibility index (Phi) is 11.6. The van der Waals surface area contributed by atoms with Gasteiger partial charge in [-0.2, -0.15) is 0 Å². The van der Waals surface area contributed by atoms with Gasteiger partial charge in [0.15, 0.2) is 0 Å². The number of nitrogens with one attached hydrogen (secondary N) is 1. The van der Waals surface area contributed by atoms with E-state index in [0.29, 0.717) is 10.6 Å². The highest BCUT2D eigenvalue weighted by Crippen LogP contribution is 2.18. The first kappa shape index (κ1) is 27.7. The molecule has 0 aliphatic heterocycles. The molecule has 0 radical (unpaired) electrons. The predicted molar refractivity (Wildman–Crippen MR) is 113 cm³/mol. The highest BCUT2D eigenvalue weighted by molar-refractivity contribution is 6.30. The fourth-order valence-electron chi connectivity index (χ4n) is 2.05. The fourth-order valence-corrected chi connectivity index (χ4v) is 2.17. The summed E-state index contributed by atoms with van der Waals surface area (Å²) in [6.07, 6.45) is 0. The van der Waals surface area contributed by atoms with E-state index in [1.54, 1.807) is 51.1 Å². The molecule has 0 atom stereocenters. The van der Waals surface area contributed by atoms with Gasteiger partial charge in [0, 0.05) is 10.6 Å². The predicted octanol–water partition coefficient (Wildman–Crippen LogP) is 5.33. The molecular weight excluding hydrogens is 437 g/mol. The van der Waals surface area contributed by atoms with Crippen molar-refractivity contribution in [1.29, 1.82) is 0 Å². The molecule has 1 N–H and O–H groups in total. The number of hydrogen-bond acceptors (Lipinski definition) is 2. The van der Waals surface area contributed by atoms with Gasteiger partial charge in [-0.15, -0.1) is 37.2 Å². The van der Waals surface area contributed by atoms with E-state index in [0.717, 1.165) is 5.01 Å². The minimum absolute atomic E-state index is 0. The van der Waals surface area contributed by atoms with Crippen LogP contribution in [0.2, 0.25) is 5.02 Å². The molecule has 0 aromatic heterocycles. The maximum absolute atomic E-state index is 13.9. The molecular formula is C18H21Cl4FN2O2. The zero-order valence-corrected chi connectivity index (χ0v) is 18.1. The number of halogens is 5. The number of nitrogens with zero attached hydrogens (tertiary/aromatic N) is 1. The molecule has 2 aromatic rings. The quantitative estimate of drug-likeness (QED) is 0.619. The largest absolute Gasteiger partial charge is 0.275 e. The lowest BCUT2D eigenvalue weighted by Crippen LogP contribution is -2.56. The zero-order chi connectivity index (χ0) is 17.9. The van der Waals surface area contributed by atoms with Crippen LogP contribution in [-0.4, -0.2) is 22.4 Å². The number of carbonyl (C=O) groups is 2. The zero-order valence-electron chi connectivity index (χ0n) is 14.9. The van der Waals surface area contributed by atoms with Gasteiger partial charge in [-0.1, -0.05) is 23.7 Å². The summed E-state index contributed by atoms with van der Waals surface area (Å²) >= 11 is 5.80. The third-order valence-electron chi connectivity index (χ3n) is 3.30. The normalized spacial score (nSPS) is 9.81. The molecule has 150 valence electrons. The lowest BCUT2D eigenvalue weighted by molar-refractivity contribution is 0.0355. The first-order chi connectivity index (χ1) is 11.2. The molecule has 2 rings (SSSR count). The van der Waals surface area contributed by atoms with Crippen LogP contribution in [0.5, 0.6) is 0 Å². The highest BCUT2D eigenvalue weighted by Gasteiger charge is 2.30. The van der Waals surface area contributed by atoms with Crippen LogP contribution in [0, 0.1) is 5.82 Å². The van der Waals surface area contributed by atoms with Crippen LogP contribution in [-0.2, 0) is 0 Å². The van der Waals surface area contributed by atoms with Gasteiger partial charge >= 0.3 is 0 Å². The number of hydrazine groups is 1. The van der Waals surface area contributed by atoms with E-state index in [-0.39, 0.29) is 42.8 Å². The summed E-state index contributed by atoms with van der Waals surface area (Å²) in [5.41, 5.74) is 2.04. The Hall–Kier alpha value is -1.53. The smallest absolute Gasteiger partial charge is 0.267 e. The van der Waals surface area contributed by atoms with Gasteiger partial charge < -0.3 is 0 Å². The van der Waals surface area contributed by atoms with E-state index >= 15 is 0 Å². The summed E-state index contributed by atoms with van der Waals surface area (Å²) in [4.78, 5) is 25.1. The average molecular weight is 458 g/mol. The van der Waals surface area contributed by atoms with Crippen molar-refractivity contribution in [2.45, 2.75) is 26.3 Å². The minimum Gasteiger partial charge on any atom is -0.267 e. The van der Waals surface area contributed by atoms with Crippen molar-refractivity contribution in [1.82, 2.24) is 10.4 Å². The monoisotopic (exact) mass is 456 g/mol. The van der Waals surface area contributed by atoms with Crippen LogP contribution in [0.25, 0.3) is 0 Å². The van der Waals surface area contributed by atoms with Crippen molar-refractivity contribution in [2.24, 2.45) is 0 Å². The molecule has 0 heterocycles. The van der Waals surface area contributed by atoms with Crippen molar-refractivity contribution in [3.8, 4) is 0 Å². The summed E-state index contributed by atoms with van der Waals surface area (Å²) in [6, 6.07) is 11.9. The summed E-state index contributed by atoms with van der Waals surface area (Å²) < 4.78 is 13.9. The lowest BCUT2D eigenvalue weighted by Gasteiger charge is -2.35. The van der Waals surface area contributed by atoms with Crippen LogP contribution in [0.1, 0.15) is 41.5 Å². The fraction of sp³-hybridized carbons (Fsp3) is 0.222. The van der Waals surface area contributed by atoms with Crippen LogP contribution >= 0.6 is 48.8 Å². The van der Waals surface area contributed by atoms with Crippen LogP contribution in [0.15, 0.2) is 48.5 Å². The molecule has 0 fully saturated rings. The van der Waals surface area contributed by atoms with Gasteiger partial charge in [-0.05, 0) is 57.2 Å². The first-order valence-electron chi connectivity index (χ1n) is 7.36. The second-order valence-corrected chi connectivity index (χ2v) is 6.68. The molecule has 2 amide bonds. The third kappa shape index (κ3) is 7.18. The van der Waals surface area contributed by atoms with Crippen LogP contribution in [0.4, 0.5) is 4.39 Å². The number of benzene rings is 2. The maximum Gasteiger partial charge on any atom is 0.275 e. The molecule has 0 saturated heterocycles. The van der Waals surface area contributed by atoms with Crippen molar-refractivity contribution in [3.05, 3.63) is 70.5 Å². The van der Waals surface area contributed by atoms with E-state index in [1.165, 1.54) is 18.2 Å². The molecule has 2 aromatic carbocycles. The molecule has 0 aliphatic carbocycles. The van der Waals surface area contributed by atoms with Crippen molar-refractivity contribution >= 4 is 60.6 Å². The molecule has 0 saturated carbocycles. The van der Waals surface area contributed by atoms with Gasteiger partial charge in [-0.3, -0.25) is 15.0 Å². The van der Waals surface area contributed by atoms with E-state index in [9.17, 15) is 14.0 Å². The van der Waals surface area contributed by atoms with E-state index in [2.05, 4.69) is 5.43 Å². The topological polar surface area (TPSA) is 49.4 Å². The summed E-state index contributed by atoms with van der Waals surface area (Å²) in [7, 11) is 0. The van der Waals surface area contributed by atoms with Gasteiger partial charge in [0.2, 0.25) is 0 Å². The molecule has 0 aliphatic rings. The Balaban J connectivity index is 0. The summed E-state index contributed by atoms with van der Waals surface area (Å²) in [6.45, 7) is 5.23. The van der Waals surface area contributed by atoms with Crippen molar-refractivity contribution < 1.29 is 14.0 Å². The summed E-state index contributed by atoms with van der Waals surface area (Å²) in [5, 5.41) is 1.63. The van der Waals surface area contributed by atoms with Crippen molar-refractivity contribution in [3.63, 3.8) is 0 Å². The average Bonchev–Trinajstić information content (AvgIpc) is 2.52. The Morgan fingerprint density at radius 3 is 1.96 bits per heavy atom. The Morgan fingerprint density at radius 2 is 1.48 bits per heavy atom. The van der Waals surface area contributed by atoms with Gasteiger partial charge in [-0.25, -0.2) is 9.40 Å². The number of rotatable bonds is 2. The first-order valence-corrected chi connectivity index (χ1v) is 7.73. The SMILES string of the molecule is CC(C)(C)N(NC(=O)c1ccc(Cl)cc1)C(=O)c1ccccc1F.Cl.Cl.Cl. The lowest BCUT2D eigenvalue weighted by atomic mass is 10.1. The standard InChI is InChI=1S/C18H18ClFN2O2.3ClH/c1-18(2,3)22(17(24)14-6-4-5-7-15(14)20)21-16(23)12-8-10-13(19)11-9-12;;;/h4-11H,1-3H3,(H,21,23);3*1H.